The van der Waals surface area contributed by atoms with Gasteiger partial charge in [-0.05, 0) is 243 Å². The van der Waals surface area contributed by atoms with E-state index in [0.29, 0.717) is 69.0 Å². The number of ether oxygens (including phenoxy) is 6. The van der Waals surface area contributed by atoms with Crippen molar-refractivity contribution in [2.45, 2.75) is 29.4 Å². The lowest BCUT2D eigenvalue weighted by Gasteiger charge is -2.11. The largest absolute Gasteiger partial charge is 0.457 e. The van der Waals surface area contributed by atoms with Gasteiger partial charge in [0.05, 0.1) is 29.4 Å². The minimum atomic E-state index is -3.89. The molecule has 79 heavy (non-hydrogen) atoms. The van der Waals surface area contributed by atoms with Gasteiger partial charge in [-0.1, -0.05) is 11.8 Å². The van der Waals surface area contributed by atoms with E-state index < -0.39 is 29.5 Å². The summed E-state index contributed by atoms with van der Waals surface area (Å²) >= 11 is 0. The van der Waals surface area contributed by atoms with E-state index in [1.165, 1.54) is 72.8 Å². The second-order valence-corrected chi connectivity index (χ2v) is 23.1. The van der Waals surface area contributed by atoms with Crippen molar-refractivity contribution in [2.24, 2.45) is 0 Å². The molecule has 0 saturated carbocycles. The maximum atomic E-state index is 13.6. The number of terminal acetylenes is 2. The molecule has 0 N–H and O–H groups in total. The second-order valence-electron chi connectivity index (χ2n) is 17.2. The summed E-state index contributed by atoms with van der Waals surface area (Å²) in [4.78, 5) is 0.529. The highest BCUT2D eigenvalue weighted by Gasteiger charge is 2.21. The Hall–Kier alpha value is -10.0. The zero-order chi connectivity index (χ0) is 55.0. The third-order valence-electron chi connectivity index (χ3n) is 11.9. The fourth-order valence-corrected chi connectivity index (χ4v) is 11.5. The average Bonchev–Trinajstić information content (AvgIpc) is 3.52. The smallest absolute Gasteiger partial charge is 0.206 e. The molecule has 0 aliphatic carbocycles. The summed E-state index contributed by atoms with van der Waals surface area (Å²) < 4.78 is 116. The van der Waals surface area contributed by atoms with E-state index in [0.717, 1.165) is 11.1 Å². The molecule has 0 atom stereocenters. The third kappa shape index (κ3) is 12.5. The SMILES string of the molecule is C#Cc1ccc(Oc2ccc(S(=O)(=O)c3ccc(Oc4ccc(Oc5ccc(S(=O)(=O)c6ccc(Oc7ccc(Oc8ccc(S(=O)(=O)c9ccc(Oc%10ccc(C#C)cc%10)cc9)cc8)cc7)cc6)cc5)cc4)cc3)cc2)cc1. The molecule has 0 heterocycles. The highest BCUT2D eigenvalue weighted by molar-refractivity contribution is 7.92. The van der Waals surface area contributed by atoms with Crippen molar-refractivity contribution in [3.05, 3.63) is 254 Å². The van der Waals surface area contributed by atoms with Crippen LogP contribution in [0.1, 0.15) is 11.1 Å². The molecule has 0 saturated heterocycles. The molecule has 10 rings (SSSR count). The average molecular weight is 1100 g/mol. The summed E-state index contributed by atoms with van der Waals surface area (Å²) in [5.74, 6) is 10.7. The van der Waals surface area contributed by atoms with Crippen LogP contribution < -0.4 is 28.4 Å². The maximum Gasteiger partial charge on any atom is 0.206 e. The lowest BCUT2D eigenvalue weighted by molar-refractivity contribution is 0.468. The Balaban J connectivity index is 0.681. The Morgan fingerprint density at radius 2 is 0.316 bits per heavy atom. The van der Waals surface area contributed by atoms with E-state index in [-0.39, 0.29) is 29.4 Å². The minimum absolute atomic E-state index is 0.0656. The van der Waals surface area contributed by atoms with Gasteiger partial charge in [0.15, 0.2) is 0 Å². The van der Waals surface area contributed by atoms with E-state index in [2.05, 4.69) is 11.8 Å². The number of hydrogen-bond acceptors (Lipinski definition) is 12. The monoisotopic (exact) mass is 1100 g/mol. The van der Waals surface area contributed by atoms with Gasteiger partial charge in [0.1, 0.15) is 69.0 Å². The van der Waals surface area contributed by atoms with Crippen LogP contribution in [-0.2, 0) is 29.5 Å². The predicted molar refractivity (Wildman–Crippen MR) is 297 cm³/mol. The fourth-order valence-electron chi connectivity index (χ4n) is 7.74. The van der Waals surface area contributed by atoms with E-state index in [1.54, 1.807) is 170 Å². The van der Waals surface area contributed by atoms with Crippen LogP contribution in [0.3, 0.4) is 0 Å². The Labute approximate surface area is 457 Å². The van der Waals surface area contributed by atoms with Crippen LogP contribution in [-0.4, -0.2) is 25.3 Å². The lowest BCUT2D eigenvalue weighted by atomic mass is 10.2. The van der Waals surface area contributed by atoms with Crippen LogP contribution in [0, 0.1) is 24.7 Å². The molecule has 0 bridgehead atoms. The van der Waals surface area contributed by atoms with Gasteiger partial charge in [-0.25, -0.2) is 25.3 Å². The van der Waals surface area contributed by atoms with Crippen molar-refractivity contribution in [3.8, 4) is 93.7 Å². The topological polar surface area (TPSA) is 158 Å². The van der Waals surface area contributed by atoms with Crippen LogP contribution in [0.2, 0.25) is 0 Å². The van der Waals surface area contributed by atoms with E-state index >= 15 is 0 Å². The van der Waals surface area contributed by atoms with Gasteiger partial charge in [-0.3, -0.25) is 0 Å². The van der Waals surface area contributed by atoms with E-state index in [9.17, 15) is 25.3 Å². The fraction of sp³-hybridized carbons (Fsp3) is 0. The summed E-state index contributed by atoms with van der Waals surface area (Å²) in [6, 6.07) is 64.0. The quantitative estimate of drug-likeness (QED) is 0.0750. The zero-order valence-corrected chi connectivity index (χ0v) is 43.8. The molecular formula is C64H42O12S3. The third-order valence-corrected chi connectivity index (χ3v) is 17.3. The Bertz CT molecular complexity index is 3920. The summed E-state index contributed by atoms with van der Waals surface area (Å²) in [6.45, 7) is 0. The van der Waals surface area contributed by atoms with Crippen LogP contribution in [0.25, 0.3) is 0 Å². The molecule has 0 aliphatic heterocycles. The van der Waals surface area contributed by atoms with Crippen molar-refractivity contribution in [1.29, 1.82) is 0 Å². The molecule has 0 fully saturated rings. The number of sulfone groups is 3. The van der Waals surface area contributed by atoms with Crippen LogP contribution in [0.15, 0.2) is 272 Å². The molecule has 388 valence electrons. The Kier molecular flexibility index (Phi) is 15.0. The van der Waals surface area contributed by atoms with Crippen molar-refractivity contribution in [1.82, 2.24) is 0 Å². The van der Waals surface area contributed by atoms with Crippen molar-refractivity contribution < 1.29 is 53.7 Å². The van der Waals surface area contributed by atoms with Gasteiger partial charge in [-0.15, -0.1) is 12.8 Å². The molecule has 0 radical (unpaired) electrons. The molecule has 15 heteroatoms. The minimum Gasteiger partial charge on any atom is -0.457 e. The van der Waals surface area contributed by atoms with Gasteiger partial charge in [-0.2, -0.15) is 0 Å². The Morgan fingerprint density at radius 3 is 0.443 bits per heavy atom. The van der Waals surface area contributed by atoms with Crippen LogP contribution in [0.4, 0.5) is 0 Å². The first kappa shape index (κ1) is 52.4. The van der Waals surface area contributed by atoms with Crippen LogP contribution in [0.5, 0.6) is 69.0 Å². The standard InChI is InChI=1S/C64H42O12S3/c1-3-45-5-9-47(10-6-45)71-53-21-33-59(34-22-53)77(65,66)61-37-25-55(26-38-61)73-49-13-17-51(18-14-49)75-57-29-41-63(42-30-57)79(69,70)64-43-31-58(32-44-64)76-52-19-15-50(16-20-52)74-56-27-39-62(40-28-56)78(67,68)60-35-23-54(24-36-60)72-48-11-7-46(4-2)8-12-48/h1-2,5-44H. The first-order chi connectivity index (χ1) is 38.2. The summed E-state index contributed by atoms with van der Waals surface area (Å²) in [7, 11) is -11.5. The normalized spacial score (nSPS) is 11.3. The van der Waals surface area contributed by atoms with Crippen LogP contribution >= 0.6 is 0 Å². The lowest BCUT2D eigenvalue weighted by Crippen LogP contribution is -2.02. The maximum absolute atomic E-state index is 13.6. The molecule has 0 amide bonds. The number of rotatable bonds is 18. The molecule has 0 spiro atoms. The van der Waals surface area contributed by atoms with E-state index in [1.807, 2.05) is 0 Å². The molecule has 10 aromatic carbocycles. The van der Waals surface area contributed by atoms with Gasteiger partial charge in [0.25, 0.3) is 0 Å². The second kappa shape index (κ2) is 22.7. The van der Waals surface area contributed by atoms with Crippen molar-refractivity contribution in [2.75, 3.05) is 0 Å². The summed E-state index contributed by atoms with van der Waals surface area (Å²) in [5, 5.41) is 0. The first-order valence-corrected chi connectivity index (χ1v) is 28.4. The summed E-state index contributed by atoms with van der Waals surface area (Å²) in [6.07, 6.45) is 10.8. The zero-order valence-electron chi connectivity index (χ0n) is 41.4. The number of hydrogen-bond donors (Lipinski definition) is 0. The molecule has 0 aliphatic rings. The Morgan fingerprint density at radius 1 is 0.203 bits per heavy atom. The molecule has 0 aromatic heterocycles. The molecular weight excluding hydrogens is 1060 g/mol. The highest BCUT2D eigenvalue weighted by Crippen LogP contribution is 2.34. The predicted octanol–water partition coefficient (Wildman–Crippen LogP) is 14.9. The first-order valence-electron chi connectivity index (χ1n) is 24.0. The molecule has 10 aromatic rings. The van der Waals surface area contributed by atoms with Gasteiger partial charge in [0, 0.05) is 11.1 Å². The van der Waals surface area contributed by atoms with Crippen molar-refractivity contribution in [3.63, 3.8) is 0 Å². The highest BCUT2D eigenvalue weighted by atomic mass is 32.2. The number of benzene rings is 10. The molecule has 0 unspecified atom stereocenters. The van der Waals surface area contributed by atoms with E-state index in [4.69, 9.17) is 41.3 Å². The van der Waals surface area contributed by atoms with Gasteiger partial charge in [0.2, 0.25) is 29.5 Å². The van der Waals surface area contributed by atoms with Gasteiger partial charge < -0.3 is 28.4 Å². The molecule has 12 nitrogen and oxygen atoms in total. The van der Waals surface area contributed by atoms with Gasteiger partial charge >= 0.3 is 0 Å². The summed E-state index contributed by atoms with van der Waals surface area (Å²) in [5.41, 5.74) is 1.44. The van der Waals surface area contributed by atoms with Crippen molar-refractivity contribution >= 4 is 29.5 Å².